The summed E-state index contributed by atoms with van der Waals surface area (Å²) in [7, 11) is 1.78. The molecular weight excluding hydrogens is 240 g/mol. The summed E-state index contributed by atoms with van der Waals surface area (Å²) in [5, 5.41) is 0. The molecule has 1 fully saturated rings. The van der Waals surface area contributed by atoms with Crippen molar-refractivity contribution in [3.8, 4) is 0 Å². The minimum atomic E-state index is -0.351. The number of amides is 2. The number of likely N-dealkylation sites (N-methyl/N-ethyl adjacent to an activating group) is 1. The van der Waals surface area contributed by atoms with E-state index in [9.17, 15) is 9.59 Å². The van der Waals surface area contributed by atoms with Crippen LogP contribution in [0.4, 0.5) is 0 Å². The van der Waals surface area contributed by atoms with Gasteiger partial charge in [-0.2, -0.15) is 0 Å². The summed E-state index contributed by atoms with van der Waals surface area (Å²) in [5.41, 5.74) is 2.15. The van der Waals surface area contributed by atoms with Crippen LogP contribution in [0.15, 0.2) is 24.3 Å². The Balaban J connectivity index is 2.06. The molecule has 0 bridgehead atoms. The van der Waals surface area contributed by atoms with Gasteiger partial charge in [-0.3, -0.25) is 9.59 Å². The lowest BCUT2D eigenvalue weighted by Gasteiger charge is -2.37. The molecule has 0 N–H and O–H groups in total. The zero-order chi connectivity index (χ0) is 14.0. The summed E-state index contributed by atoms with van der Waals surface area (Å²) in [5.74, 6) is 0.0448. The molecule has 2 rings (SSSR count). The van der Waals surface area contributed by atoms with E-state index in [1.165, 1.54) is 0 Å². The first kappa shape index (κ1) is 13.6. The van der Waals surface area contributed by atoms with Crippen LogP contribution < -0.4 is 0 Å². The third-order valence-corrected chi connectivity index (χ3v) is 3.64. The van der Waals surface area contributed by atoms with Crippen LogP contribution in [0.2, 0.25) is 0 Å². The van der Waals surface area contributed by atoms with E-state index in [-0.39, 0.29) is 17.9 Å². The van der Waals surface area contributed by atoms with E-state index < -0.39 is 0 Å². The van der Waals surface area contributed by atoms with Gasteiger partial charge in [0.25, 0.3) is 0 Å². The highest BCUT2D eigenvalue weighted by molar-refractivity contribution is 5.89. The molecule has 1 aliphatic heterocycles. The van der Waals surface area contributed by atoms with E-state index in [4.69, 9.17) is 0 Å². The monoisotopic (exact) mass is 260 g/mol. The van der Waals surface area contributed by atoms with Crippen LogP contribution in [0.3, 0.4) is 0 Å². The number of aryl methyl sites for hydroxylation is 1. The van der Waals surface area contributed by atoms with Gasteiger partial charge in [0.05, 0.1) is 6.42 Å². The molecule has 1 aromatic rings. The number of carbonyl (C=O) groups excluding carboxylic acids is 2. The zero-order valence-corrected chi connectivity index (χ0v) is 11.7. The minimum absolute atomic E-state index is 0.0174. The van der Waals surface area contributed by atoms with Crippen LogP contribution in [-0.2, 0) is 16.0 Å². The molecule has 0 aliphatic carbocycles. The second-order valence-electron chi connectivity index (χ2n) is 5.19. The van der Waals surface area contributed by atoms with Crippen molar-refractivity contribution >= 4 is 11.8 Å². The molecule has 1 aromatic carbocycles. The maximum atomic E-state index is 12.3. The lowest BCUT2D eigenvalue weighted by atomic mass is 10.1. The Bertz CT molecular complexity index is 499. The highest BCUT2D eigenvalue weighted by Gasteiger charge is 2.32. The molecule has 102 valence electrons. The van der Waals surface area contributed by atoms with Crippen LogP contribution in [0.25, 0.3) is 0 Å². The summed E-state index contributed by atoms with van der Waals surface area (Å²) in [6, 6.07) is 7.58. The van der Waals surface area contributed by atoms with Gasteiger partial charge in [-0.25, -0.2) is 0 Å². The topological polar surface area (TPSA) is 40.6 Å². The summed E-state index contributed by atoms with van der Waals surface area (Å²) in [4.78, 5) is 27.5. The molecule has 0 aromatic heterocycles. The third kappa shape index (κ3) is 2.95. The van der Waals surface area contributed by atoms with E-state index in [0.29, 0.717) is 19.5 Å². The third-order valence-electron chi connectivity index (χ3n) is 3.64. The van der Waals surface area contributed by atoms with Gasteiger partial charge in [-0.05, 0) is 19.4 Å². The molecule has 0 radical (unpaired) electrons. The van der Waals surface area contributed by atoms with E-state index in [2.05, 4.69) is 0 Å². The van der Waals surface area contributed by atoms with Crippen molar-refractivity contribution < 1.29 is 9.59 Å². The van der Waals surface area contributed by atoms with E-state index in [1.54, 1.807) is 23.8 Å². The highest BCUT2D eigenvalue weighted by atomic mass is 16.2. The Labute approximate surface area is 114 Å². The number of benzene rings is 1. The summed E-state index contributed by atoms with van der Waals surface area (Å²) in [6.45, 7) is 5.04. The van der Waals surface area contributed by atoms with Gasteiger partial charge >= 0.3 is 0 Å². The summed E-state index contributed by atoms with van der Waals surface area (Å²) >= 11 is 0. The van der Waals surface area contributed by atoms with Gasteiger partial charge in [0.15, 0.2) is 0 Å². The number of piperazine rings is 1. The number of hydrogen-bond acceptors (Lipinski definition) is 2. The van der Waals surface area contributed by atoms with Gasteiger partial charge in [-0.1, -0.05) is 29.8 Å². The van der Waals surface area contributed by atoms with Crippen LogP contribution in [0.5, 0.6) is 0 Å². The van der Waals surface area contributed by atoms with Crippen molar-refractivity contribution in [1.82, 2.24) is 9.80 Å². The van der Waals surface area contributed by atoms with Gasteiger partial charge in [0, 0.05) is 20.1 Å². The van der Waals surface area contributed by atoms with Crippen molar-refractivity contribution in [2.75, 3.05) is 20.1 Å². The van der Waals surface area contributed by atoms with Gasteiger partial charge in [0.1, 0.15) is 6.04 Å². The van der Waals surface area contributed by atoms with Gasteiger partial charge in [-0.15, -0.1) is 0 Å². The molecule has 0 spiro atoms. The predicted molar refractivity (Wildman–Crippen MR) is 73.7 cm³/mol. The molecule has 19 heavy (non-hydrogen) atoms. The quantitative estimate of drug-likeness (QED) is 0.802. The molecular formula is C15H20N2O2. The van der Waals surface area contributed by atoms with Crippen LogP contribution >= 0.6 is 0 Å². The second kappa shape index (κ2) is 5.43. The smallest absolute Gasteiger partial charge is 0.244 e. The standard InChI is InChI=1S/C15H20N2O2/c1-11-5-4-6-13(9-11)10-14(18)17-8-7-16(3)15(19)12(17)2/h4-6,9,12H,7-8,10H2,1-3H3. The average Bonchev–Trinajstić information content (AvgIpc) is 2.36. The van der Waals surface area contributed by atoms with Crippen molar-refractivity contribution in [1.29, 1.82) is 0 Å². The zero-order valence-electron chi connectivity index (χ0n) is 11.7. The van der Waals surface area contributed by atoms with Crippen LogP contribution in [0.1, 0.15) is 18.1 Å². The molecule has 1 aliphatic rings. The van der Waals surface area contributed by atoms with Crippen LogP contribution in [0, 0.1) is 6.92 Å². The summed E-state index contributed by atoms with van der Waals surface area (Å²) < 4.78 is 0. The fraction of sp³-hybridized carbons (Fsp3) is 0.467. The Kier molecular flexibility index (Phi) is 3.88. The summed E-state index contributed by atoms with van der Waals surface area (Å²) in [6.07, 6.45) is 0.364. The molecule has 0 saturated carbocycles. The first-order valence-electron chi connectivity index (χ1n) is 6.59. The SMILES string of the molecule is Cc1cccc(CC(=O)N2CCN(C)C(=O)C2C)c1. The minimum Gasteiger partial charge on any atom is -0.342 e. The lowest BCUT2D eigenvalue weighted by molar-refractivity contribution is -0.149. The maximum absolute atomic E-state index is 12.3. The van der Waals surface area contributed by atoms with Crippen molar-refractivity contribution in [2.45, 2.75) is 26.3 Å². The lowest BCUT2D eigenvalue weighted by Crippen LogP contribution is -2.56. The van der Waals surface area contributed by atoms with E-state index in [0.717, 1.165) is 11.1 Å². The van der Waals surface area contributed by atoms with Crippen molar-refractivity contribution in [2.24, 2.45) is 0 Å². The predicted octanol–water partition coefficient (Wildman–Crippen LogP) is 1.23. The van der Waals surface area contributed by atoms with Crippen molar-refractivity contribution in [3.05, 3.63) is 35.4 Å². The molecule has 1 atom stereocenters. The normalized spacial score (nSPS) is 19.7. The average molecular weight is 260 g/mol. The number of nitrogens with zero attached hydrogens (tertiary/aromatic N) is 2. The van der Waals surface area contributed by atoms with Gasteiger partial charge in [0.2, 0.25) is 11.8 Å². The van der Waals surface area contributed by atoms with E-state index in [1.807, 2.05) is 31.2 Å². The number of hydrogen-bond donors (Lipinski definition) is 0. The molecule has 1 saturated heterocycles. The van der Waals surface area contributed by atoms with Crippen molar-refractivity contribution in [3.63, 3.8) is 0 Å². The molecule has 1 heterocycles. The first-order valence-corrected chi connectivity index (χ1v) is 6.59. The number of rotatable bonds is 2. The fourth-order valence-corrected chi connectivity index (χ4v) is 2.45. The first-order chi connectivity index (χ1) is 8.99. The largest absolute Gasteiger partial charge is 0.342 e. The fourth-order valence-electron chi connectivity index (χ4n) is 2.45. The Hall–Kier alpha value is -1.84. The Morgan fingerprint density at radius 2 is 2.11 bits per heavy atom. The van der Waals surface area contributed by atoms with E-state index >= 15 is 0 Å². The highest BCUT2D eigenvalue weighted by Crippen LogP contribution is 2.13. The molecule has 4 nitrogen and oxygen atoms in total. The molecule has 4 heteroatoms. The molecule has 1 unspecified atom stereocenters. The Morgan fingerprint density at radius 3 is 2.79 bits per heavy atom. The van der Waals surface area contributed by atoms with Crippen LogP contribution in [-0.4, -0.2) is 47.8 Å². The second-order valence-corrected chi connectivity index (χ2v) is 5.19. The Morgan fingerprint density at radius 1 is 1.37 bits per heavy atom. The van der Waals surface area contributed by atoms with Gasteiger partial charge < -0.3 is 9.80 Å². The molecule has 2 amide bonds. The maximum Gasteiger partial charge on any atom is 0.244 e. The number of carbonyl (C=O) groups is 2.